The molecule has 0 N–H and O–H groups in total. The second-order valence-electron chi connectivity index (χ2n) is 16.1. The minimum Gasteiger partial charge on any atom is -0.208 e. The lowest BCUT2D eigenvalue weighted by atomic mass is 9.78. The summed E-state index contributed by atoms with van der Waals surface area (Å²) < 4.78 is 0. The van der Waals surface area contributed by atoms with Gasteiger partial charge in [0.1, 0.15) is 0 Å². The summed E-state index contributed by atoms with van der Waals surface area (Å²) in [6.45, 7) is 2.28. The Morgan fingerprint density at radius 2 is 0.902 bits per heavy atom. The van der Waals surface area contributed by atoms with Crippen molar-refractivity contribution < 1.29 is 0 Å². The summed E-state index contributed by atoms with van der Waals surface area (Å²) in [4.78, 5) is 16.0. The monoisotopic (exact) mass is 779 g/mol. The van der Waals surface area contributed by atoms with Gasteiger partial charge in [-0.2, -0.15) is 0 Å². The van der Waals surface area contributed by atoms with E-state index >= 15 is 0 Å². The Hall–Kier alpha value is -7.75. The van der Waals surface area contributed by atoms with Gasteiger partial charge in [-0.05, 0) is 120 Å². The quantitative estimate of drug-likeness (QED) is 0.162. The van der Waals surface area contributed by atoms with Gasteiger partial charge in [-0.15, -0.1) is 0 Å². The van der Waals surface area contributed by atoms with Crippen molar-refractivity contribution in [2.24, 2.45) is 11.8 Å². The Kier molecular flexibility index (Phi) is 9.20. The Bertz CT molecular complexity index is 3210. The van der Waals surface area contributed by atoms with Crippen molar-refractivity contribution in [1.29, 1.82) is 0 Å². The van der Waals surface area contributed by atoms with Gasteiger partial charge in [0.15, 0.2) is 17.5 Å². The third-order valence-electron chi connectivity index (χ3n) is 12.1. The zero-order valence-corrected chi connectivity index (χ0v) is 33.8. The maximum atomic E-state index is 5.36. The molecule has 9 aromatic rings. The second kappa shape index (κ2) is 15.4. The lowest BCUT2D eigenvalue weighted by molar-refractivity contribution is 0.584. The number of fused-ring (bicyclic) bond motifs is 3. The molecular weight excluding hydrogens is 739 g/mol. The van der Waals surface area contributed by atoms with Crippen LogP contribution in [-0.2, 0) is 0 Å². The Balaban J connectivity index is 1.05. The Morgan fingerprint density at radius 1 is 0.377 bits per heavy atom. The van der Waals surface area contributed by atoms with Crippen LogP contribution in [0.5, 0.6) is 0 Å². The maximum Gasteiger partial charge on any atom is 0.164 e. The van der Waals surface area contributed by atoms with Crippen LogP contribution in [0.3, 0.4) is 0 Å². The highest BCUT2D eigenvalue weighted by atomic mass is 15.0. The van der Waals surface area contributed by atoms with Gasteiger partial charge in [0.25, 0.3) is 0 Å². The molecule has 0 bridgehead atoms. The van der Waals surface area contributed by atoms with Crippen LogP contribution in [-0.4, -0.2) is 15.0 Å². The van der Waals surface area contributed by atoms with E-state index in [9.17, 15) is 0 Å². The molecule has 11 rings (SSSR count). The summed E-state index contributed by atoms with van der Waals surface area (Å²) >= 11 is 0. The van der Waals surface area contributed by atoms with Crippen LogP contribution < -0.4 is 0 Å². The Morgan fingerprint density at radius 3 is 1.61 bits per heavy atom. The summed E-state index contributed by atoms with van der Waals surface area (Å²) in [7, 11) is 0. The number of aromatic nitrogens is 3. The van der Waals surface area contributed by atoms with Gasteiger partial charge in [-0.1, -0.05) is 183 Å². The highest BCUT2D eigenvalue weighted by Gasteiger charge is 2.25. The smallest absolute Gasteiger partial charge is 0.164 e. The lowest BCUT2D eigenvalue weighted by Gasteiger charge is -2.26. The SMILES string of the molecule is C[C@H]1C=C(c2nc(-c3cc(-c4ccccc4)cc(-c4ccccc4)c3)nc(-c3ccccc3-c3ccc4cc(-c5ccc6ccccc6c5)ccc4c3)n2)C=C2C=CC=CC21. The van der Waals surface area contributed by atoms with Gasteiger partial charge < -0.3 is 0 Å². The lowest BCUT2D eigenvalue weighted by Crippen LogP contribution is -2.15. The van der Waals surface area contributed by atoms with E-state index in [4.69, 9.17) is 15.0 Å². The van der Waals surface area contributed by atoms with Crippen LogP contribution in [0.2, 0.25) is 0 Å². The first-order chi connectivity index (χ1) is 30.1. The first kappa shape index (κ1) is 36.3. The van der Waals surface area contributed by atoms with Gasteiger partial charge in [-0.3, -0.25) is 0 Å². The van der Waals surface area contributed by atoms with E-state index in [0.717, 1.165) is 50.1 Å². The van der Waals surface area contributed by atoms with Gasteiger partial charge in [-0.25, -0.2) is 15.0 Å². The molecule has 61 heavy (non-hydrogen) atoms. The molecule has 0 aliphatic heterocycles. The van der Waals surface area contributed by atoms with Crippen LogP contribution in [0.4, 0.5) is 0 Å². The van der Waals surface area contributed by atoms with E-state index in [2.05, 4.69) is 225 Å². The van der Waals surface area contributed by atoms with Crippen LogP contribution in [0.25, 0.3) is 94.4 Å². The van der Waals surface area contributed by atoms with Crippen LogP contribution in [0.1, 0.15) is 12.7 Å². The average molecular weight is 780 g/mol. The van der Waals surface area contributed by atoms with Crippen molar-refractivity contribution >= 4 is 27.1 Å². The largest absolute Gasteiger partial charge is 0.208 e. The molecule has 1 heterocycles. The van der Waals surface area contributed by atoms with Crippen LogP contribution in [0.15, 0.2) is 224 Å². The fourth-order valence-corrected chi connectivity index (χ4v) is 8.95. The fraction of sp³-hybridized carbons (Fsp3) is 0.0517. The van der Waals surface area contributed by atoms with Gasteiger partial charge in [0, 0.05) is 22.6 Å². The Labute approximate surface area is 356 Å². The second-order valence-corrected chi connectivity index (χ2v) is 16.1. The molecule has 0 fully saturated rings. The van der Waals surface area contributed by atoms with E-state index in [1.54, 1.807) is 0 Å². The molecule has 3 heteroatoms. The van der Waals surface area contributed by atoms with Crippen molar-refractivity contribution in [3.63, 3.8) is 0 Å². The predicted octanol–water partition coefficient (Wildman–Crippen LogP) is 14.9. The third kappa shape index (κ3) is 7.11. The average Bonchev–Trinajstić information content (AvgIpc) is 3.33. The molecule has 0 amide bonds. The number of hydrogen-bond acceptors (Lipinski definition) is 3. The van der Waals surface area contributed by atoms with Crippen molar-refractivity contribution in [3.05, 3.63) is 230 Å². The number of nitrogens with zero attached hydrogens (tertiary/aromatic N) is 3. The van der Waals surface area contributed by atoms with Crippen molar-refractivity contribution in [1.82, 2.24) is 15.0 Å². The number of benzene rings is 8. The van der Waals surface area contributed by atoms with Gasteiger partial charge in [0.2, 0.25) is 0 Å². The molecule has 1 aromatic heterocycles. The van der Waals surface area contributed by atoms with E-state index in [1.165, 1.54) is 38.2 Å². The van der Waals surface area contributed by atoms with Crippen molar-refractivity contribution in [2.45, 2.75) is 6.92 Å². The van der Waals surface area contributed by atoms with Crippen LogP contribution >= 0.6 is 0 Å². The highest BCUT2D eigenvalue weighted by molar-refractivity contribution is 5.95. The summed E-state index contributed by atoms with van der Waals surface area (Å²) in [6.07, 6.45) is 13.3. The summed E-state index contributed by atoms with van der Waals surface area (Å²) in [5.41, 5.74) is 13.3. The number of hydrogen-bond donors (Lipinski definition) is 0. The molecule has 8 aromatic carbocycles. The highest BCUT2D eigenvalue weighted by Crippen LogP contribution is 2.39. The molecule has 3 nitrogen and oxygen atoms in total. The van der Waals surface area contributed by atoms with Crippen LogP contribution in [0, 0.1) is 11.8 Å². The number of allylic oxidation sites excluding steroid dienone is 8. The van der Waals surface area contributed by atoms with Crippen molar-refractivity contribution in [2.75, 3.05) is 0 Å². The predicted molar refractivity (Wildman–Crippen MR) is 254 cm³/mol. The molecule has 1 unspecified atom stereocenters. The standard InChI is InChI=1S/C58H41N3/c1-38-30-51(34-47-20-10-11-21-53(38)47)56-59-57(52-36-49(39-14-4-2-5-15-39)35-50(37-52)40-16-6-3-7-17-40)61-58(60-56)55-23-13-12-22-54(55)48-29-28-45-32-44(26-27-46(45)33-48)43-25-24-41-18-8-9-19-42(41)31-43/h2-38,53H,1H3/t38-,53?/m0/s1. The zero-order valence-electron chi connectivity index (χ0n) is 33.8. The first-order valence-corrected chi connectivity index (χ1v) is 21.0. The minimum atomic E-state index is 0.289. The minimum absolute atomic E-state index is 0.289. The molecule has 0 spiro atoms. The first-order valence-electron chi connectivity index (χ1n) is 21.0. The molecule has 0 saturated heterocycles. The maximum absolute atomic E-state index is 5.36. The van der Waals surface area contributed by atoms with E-state index in [1.807, 2.05) is 0 Å². The van der Waals surface area contributed by atoms with E-state index < -0.39 is 0 Å². The summed E-state index contributed by atoms with van der Waals surface area (Å²) in [5, 5.41) is 4.87. The molecule has 0 radical (unpaired) electrons. The molecule has 0 saturated carbocycles. The molecule has 2 atom stereocenters. The number of rotatable bonds is 7. The van der Waals surface area contributed by atoms with Crippen molar-refractivity contribution in [3.8, 4) is 67.3 Å². The summed E-state index contributed by atoms with van der Waals surface area (Å²) in [5.74, 6) is 2.57. The third-order valence-corrected chi connectivity index (χ3v) is 12.1. The molecule has 288 valence electrons. The zero-order chi connectivity index (χ0) is 40.7. The fourth-order valence-electron chi connectivity index (χ4n) is 8.95. The topological polar surface area (TPSA) is 38.7 Å². The summed E-state index contributed by atoms with van der Waals surface area (Å²) in [6, 6.07) is 65.0. The molecule has 2 aliphatic rings. The molecule has 2 aliphatic carbocycles. The van der Waals surface area contributed by atoms with Gasteiger partial charge >= 0.3 is 0 Å². The van der Waals surface area contributed by atoms with E-state index in [0.29, 0.717) is 23.4 Å². The normalized spacial score (nSPS) is 15.7. The molecular formula is C58H41N3. The van der Waals surface area contributed by atoms with Gasteiger partial charge in [0.05, 0.1) is 0 Å². The van der Waals surface area contributed by atoms with E-state index in [-0.39, 0.29) is 5.92 Å².